The maximum absolute atomic E-state index is 6.20. The predicted octanol–water partition coefficient (Wildman–Crippen LogP) is 3.73. The highest BCUT2D eigenvalue weighted by molar-refractivity contribution is 6.39. The van der Waals surface area contributed by atoms with E-state index in [1.165, 1.54) is 0 Å². The quantitative estimate of drug-likeness (QED) is 0.860. The SMILES string of the molecule is NCC[N+]12C(c3cccc(Cl)c3)=CN=C1C=Nc1ccccc12. The van der Waals surface area contributed by atoms with Gasteiger partial charge in [0.15, 0.2) is 11.4 Å². The highest BCUT2D eigenvalue weighted by Gasteiger charge is 2.47. The summed E-state index contributed by atoms with van der Waals surface area (Å²) in [6.45, 7) is 1.26. The molecular weight excluding hydrogens is 308 g/mol. The number of nitrogens with zero attached hydrogens (tertiary/aromatic N) is 3. The zero-order chi connectivity index (χ0) is 15.9. The lowest BCUT2D eigenvalue weighted by Crippen LogP contribution is -2.54. The van der Waals surface area contributed by atoms with Gasteiger partial charge in [0, 0.05) is 23.2 Å². The van der Waals surface area contributed by atoms with Crippen LogP contribution in [0.15, 0.2) is 64.7 Å². The fourth-order valence-electron chi connectivity index (χ4n) is 3.35. The Morgan fingerprint density at radius 2 is 1.96 bits per heavy atom. The van der Waals surface area contributed by atoms with Gasteiger partial charge in [0.05, 0.1) is 6.20 Å². The summed E-state index contributed by atoms with van der Waals surface area (Å²) in [4.78, 5) is 9.15. The minimum absolute atomic E-state index is 0.497. The molecule has 2 aromatic carbocycles. The number of aliphatic imine (C=N–C) groups is 2. The van der Waals surface area contributed by atoms with Gasteiger partial charge in [-0.15, -0.1) is 0 Å². The minimum Gasteiger partial charge on any atom is -0.326 e. The van der Waals surface area contributed by atoms with E-state index in [-0.39, 0.29) is 0 Å². The van der Waals surface area contributed by atoms with Crippen LogP contribution in [0.5, 0.6) is 0 Å². The molecule has 0 bridgehead atoms. The van der Waals surface area contributed by atoms with Crippen molar-refractivity contribution in [2.75, 3.05) is 13.1 Å². The number of hydrogen-bond acceptors (Lipinski definition) is 3. The molecule has 0 saturated carbocycles. The maximum Gasteiger partial charge on any atom is 0.256 e. The third kappa shape index (κ3) is 2.07. The lowest BCUT2D eigenvalue weighted by Gasteiger charge is -2.37. The molecule has 0 saturated heterocycles. The minimum atomic E-state index is 0.497. The van der Waals surface area contributed by atoms with Crippen molar-refractivity contribution in [3.63, 3.8) is 0 Å². The molecule has 114 valence electrons. The Morgan fingerprint density at radius 1 is 1.09 bits per heavy atom. The average Bonchev–Trinajstić information content (AvgIpc) is 2.95. The first kappa shape index (κ1) is 14.3. The summed E-state index contributed by atoms with van der Waals surface area (Å²) in [7, 11) is 0. The zero-order valence-corrected chi connectivity index (χ0v) is 13.2. The Bertz CT molecular complexity index is 869. The van der Waals surface area contributed by atoms with Crippen molar-refractivity contribution in [1.29, 1.82) is 0 Å². The highest BCUT2D eigenvalue weighted by Crippen LogP contribution is 2.45. The molecule has 0 aliphatic carbocycles. The van der Waals surface area contributed by atoms with Crippen LogP contribution in [-0.2, 0) is 0 Å². The van der Waals surface area contributed by atoms with Crippen LogP contribution in [0.1, 0.15) is 5.56 Å². The summed E-state index contributed by atoms with van der Waals surface area (Å²) in [5, 5.41) is 0.710. The number of nitrogens with two attached hydrogens (primary N) is 1. The molecule has 0 spiro atoms. The molecule has 2 aliphatic heterocycles. The van der Waals surface area contributed by atoms with Gasteiger partial charge in [0.25, 0.3) is 5.84 Å². The van der Waals surface area contributed by atoms with Gasteiger partial charge in [-0.3, -0.25) is 0 Å². The molecule has 0 aromatic heterocycles. The Kier molecular flexibility index (Phi) is 3.38. The number of rotatable bonds is 3. The topological polar surface area (TPSA) is 50.7 Å². The second-order valence-corrected chi connectivity index (χ2v) is 6.02. The predicted molar refractivity (Wildman–Crippen MR) is 97.2 cm³/mol. The number of amidine groups is 1. The van der Waals surface area contributed by atoms with E-state index in [9.17, 15) is 0 Å². The molecule has 5 heteroatoms. The Morgan fingerprint density at radius 3 is 2.78 bits per heavy atom. The van der Waals surface area contributed by atoms with Crippen molar-refractivity contribution in [3.05, 3.63) is 65.3 Å². The monoisotopic (exact) mass is 323 g/mol. The summed E-state index contributed by atoms with van der Waals surface area (Å²) in [6, 6.07) is 16.0. The van der Waals surface area contributed by atoms with E-state index in [1.54, 1.807) is 0 Å². The molecule has 2 heterocycles. The first-order valence-electron chi connectivity index (χ1n) is 7.52. The zero-order valence-electron chi connectivity index (χ0n) is 12.5. The molecular formula is C18H16ClN4+. The van der Waals surface area contributed by atoms with Crippen LogP contribution in [0.2, 0.25) is 5.02 Å². The van der Waals surface area contributed by atoms with Crippen LogP contribution in [0.4, 0.5) is 11.4 Å². The summed E-state index contributed by atoms with van der Waals surface area (Å²) in [5.41, 5.74) is 10.1. The fourth-order valence-corrected chi connectivity index (χ4v) is 3.54. The van der Waals surface area contributed by atoms with Crippen LogP contribution in [0.25, 0.3) is 5.70 Å². The van der Waals surface area contributed by atoms with E-state index in [0.717, 1.165) is 35.0 Å². The van der Waals surface area contributed by atoms with Crippen LogP contribution in [0.3, 0.4) is 0 Å². The number of benzene rings is 2. The molecule has 0 amide bonds. The summed E-state index contributed by atoms with van der Waals surface area (Å²) in [6.07, 6.45) is 3.75. The Balaban J connectivity index is 1.95. The summed E-state index contributed by atoms with van der Waals surface area (Å²) >= 11 is 6.20. The van der Waals surface area contributed by atoms with Crippen molar-refractivity contribution in [3.8, 4) is 0 Å². The van der Waals surface area contributed by atoms with E-state index in [2.05, 4.69) is 22.1 Å². The van der Waals surface area contributed by atoms with Gasteiger partial charge in [-0.1, -0.05) is 29.8 Å². The van der Waals surface area contributed by atoms with Gasteiger partial charge in [-0.25, -0.2) is 9.48 Å². The van der Waals surface area contributed by atoms with E-state index in [0.29, 0.717) is 16.1 Å². The molecule has 1 unspecified atom stereocenters. The van der Waals surface area contributed by atoms with Crippen molar-refractivity contribution < 1.29 is 0 Å². The van der Waals surface area contributed by atoms with Gasteiger partial charge in [-0.2, -0.15) is 4.99 Å². The van der Waals surface area contributed by atoms with Gasteiger partial charge in [-0.05, 0) is 24.3 Å². The standard InChI is InChI=1S/C18H16ClN4/c19-14-5-3-4-13(10-14)17-11-22-18-12-21-15-6-1-2-7-16(15)23(17,18)9-8-20/h1-7,10-12H,8-9,20H2/q+1. The summed E-state index contributed by atoms with van der Waals surface area (Å²) < 4.78 is 0.497. The fraction of sp³-hybridized carbons (Fsp3) is 0.111. The van der Waals surface area contributed by atoms with Crippen LogP contribution < -0.4 is 10.2 Å². The maximum atomic E-state index is 6.20. The third-order valence-electron chi connectivity index (χ3n) is 4.32. The lowest BCUT2D eigenvalue weighted by atomic mass is 10.0. The first-order chi connectivity index (χ1) is 11.3. The number of halogens is 1. The van der Waals surface area contributed by atoms with E-state index in [1.807, 2.05) is 48.8 Å². The molecule has 2 N–H and O–H groups in total. The highest BCUT2D eigenvalue weighted by atomic mass is 35.5. The Labute approximate surface area is 139 Å². The number of para-hydroxylation sites is 2. The molecule has 0 fully saturated rings. The lowest BCUT2D eigenvalue weighted by molar-refractivity contribution is 0.580. The van der Waals surface area contributed by atoms with Gasteiger partial charge in [0.2, 0.25) is 0 Å². The molecule has 2 aromatic rings. The van der Waals surface area contributed by atoms with Crippen LogP contribution in [0, 0.1) is 0 Å². The second-order valence-electron chi connectivity index (χ2n) is 5.58. The van der Waals surface area contributed by atoms with E-state index < -0.39 is 0 Å². The van der Waals surface area contributed by atoms with Gasteiger partial charge >= 0.3 is 0 Å². The smallest absolute Gasteiger partial charge is 0.256 e. The van der Waals surface area contributed by atoms with Crippen LogP contribution >= 0.6 is 11.6 Å². The molecule has 2 aliphatic rings. The average molecular weight is 324 g/mol. The number of fused-ring (bicyclic) bond motifs is 3. The van der Waals surface area contributed by atoms with Crippen molar-refractivity contribution in [1.82, 2.24) is 4.48 Å². The van der Waals surface area contributed by atoms with Crippen molar-refractivity contribution in [2.24, 2.45) is 15.7 Å². The second kappa shape index (κ2) is 5.42. The molecule has 0 radical (unpaired) electrons. The molecule has 1 atom stereocenters. The number of hydrogen-bond donors (Lipinski definition) is 1. The van der Waals surface area contributed by atoms with E-state index >= 15 is 0 Å². The van der Waals surface area contributed by atoms with Gasteiger partial charge < -0.3 is 5.73 Å². The van der Waals surface area contributed by atoms with Crippen LogP contribution in [-0.4, -0.2) is 25.1 Å². The molecule has 4 rings (SSSR count). The number of quaternary nitrogens is 1. The third-order valence-corrected chi connectivity index (χ3v) is 4.55. The summed E-state index contributed by atoms with van der Waals surface area (Å²) in [5.74, 6) is 0.893. The van der Waals surface area contributed by atoms with Crippen molar-refractivity contribution >= 4 is 40.7 Å². The van der Waals surface area contributed by atoms with E-state index in [4.69, 9.17) is 17.3 Å². The Hall–Kier alpha value is -2.27. The first-order valence-corrected chi connectivity index (χ1v) is 7.90. The van der Waals surface area contributed by atoms with Crippen molar-refractivity contribution in [2.45, 2.75) is 0 Å². The largest absolute Gasteiger partial charge is 0.326 e. The normalized spacial score (nSPS) is 21.5. The molecule has 4 nitrogen and oxygen atoms in total. The molecule has 23 heavy (non-hydrogen) atoms. The van der Waals surface area contributed by atoms with Gasteiger partial charge in [0.1, 0.15) is 18.4 Å².